The van der Waals surface area contributed by atoms with Gasteiger partial charge < -0.3 is 4.90 Å². The van der Waals surface area contributed by atoms with E-state index >= 15 is 0 Å². The Morgan fingerprint density at radius 2 is 2.33 bits per heavy atom. The van der Waals surface area contributed by atoms with E-state index in [1.165, 1.54) is 4.90 Å². The summed E-state index contributed by atoms with van der Waals surface area (Å²) in [6, 6.07) is -0.308. The number of hydrogen-bond donors (Lipinski definition) is 1. The number of hydrogen-bond acceptors (Lipinski definition) is 2. The van der Waals surface area contributed by atoms with Gasteiger partial charge in [-0.1, -0.05) is 0 Å². The lowest BCUT2D eigenvalue weighted by Crippen LogP contribution is -2.28. The van der Waals surface area contributed by atoms with Crippen molar-refractivity contribution >= 4 is 11.9 Å². The highest BCUT2D eigenvalue weighted by atomic mass is 16.2. The largest absolute Gasteiger partial charge is 0.324 e. The van der Waals surface area contributed by atoms with Gasteiger partial charge in [0.2, 0.25) is 5.91 Å². The fourth-order valence-corrected chi connectivity index (χ4v) is 1.04. The maximum atomic E-state index is 10.9. The summed E-state index contributed by atoms with van der Waals surface area (Å²) in [5, 5.41) is 2.19. The summed E-state index contributed by atoms with van der Waals surface area (Å²) in [7, 11) is 0. The zero-order valence-corrected chi connectivity index (χ0v) is 6.67. The van der Waals surface area contributed by atoms with Crippen LogP contribution in [0.3, 0.4) is 0 Å². The minimum absolute atomic E-state index is 0.170. The highest BCUT2D eigenvalue weighted by Crippen LogP contribution is 2.00. The molecule has 4 nitrogen and oxygen atoms in total. The highest BCUT2D eigenvalue weighted by Gasteiger charge is 2.25. The first-order valence-corrected chi connectivity index (χ1v) is 3.76. The smallest absolute Gasteiger partial charge is 0.315 e. The molecule has 0 radical (unpaired) electrons. The van der Waals surface area contributed by atoms with Crippen molar-refractivity contribution in [3.63, 3.8) is 0 Å². The molecule has 1 saturated heterocycles. The molecule has 1 heterocycles. The lowest BCUT2D eigenvalue weighted by Gasteiger charge is -2.10. The van der Waals surface area contributed by atoms with Crippen LogP contribution in [-0.2, 0) is 4.79 Å². The number of nitrogens with one attached hydrogen (secondary N) is 1. The third kappa shape index (κ3) is 1.99. The highest BCUT2D eigenvalue weighted by molar-refractivity contribution is 6.01. The first-order valence-electron chi connectivity index (χ1n) is 3.76. The Balaban J connectivity index is 2.29. The van der Waals surface area contributed by atoms with E-state index in [1.54, 1.807) is 0 Å². The topological polar surface area (TPSA) is 49.4 Å². The zero-order valence-electron chi connectivity index (χ0n) is 6.67. The molecule has 0 aliphatic carbocycles. The van der Waals surface area contributed by atoms with Gasteiger partial charge in [0.05, 0.1) is 0 Å². The summed E-state index contributed by atoms with van der Waals surface area (Å²) in [5.41, 5.74) is 0. The number of carbonyl (C=O) groups is 2. The van der Waals surface area contributed by atoms with Crippen molar-refractivity contribution in [1.29, 1.82) is 0 Å². The molecule has 12 heavy (non-hydrogen) atoms. The fourth-order valence-electron chi connectivity index (χ4n) is 1.04. The minimum atomic E-state index is -0.308. The van der Waals surface area contributed by atoms with Crippen LogP contribution in [0.15, 0.2) is 0 Å². The van der Waals surface area contributed by atoms with Gasteiger partial charge in [0.1, 0.15) is 6.54 Å². The first kappa shape index (κ1) is 8.60. The van der Waals surface area contributed by atoms with E-state index in [0.29, 0.717) is 13.0 Å². The SMILES string of the molecule is C#CCCCN1CC(=O)NC1=O. The van der Waals surface area contributed by atoms with E-state index in [0.717, 1.165) is 6.42 Å². The molecule has 1 rings (SSSR count). The second kappa shape index (κ2) is 3.77. The number of amides is 3. The standard InChI is InChI=1S/C8H10N2O2/c1-2-3-4-5-10-6-7(11)9-8(10)12/h1H,3-6H2,(H,9,11,12). The van der Waals surface area contributed by atoms with Crippen LogP contribution >= 0.6 is 0 Å². The molecule has 1 fully saturated rings. The van der Waals surface area contributed by atoms with Gasteiger partial charge in [0.15, 0.2) is 0 Å². The van der Waals surface area contributed by atoms with Crippen molar-refractivity contribution in [2.75, 3.05) is 13.1 Å². The van der Waals surface area contributed by atoms with E-state index in [-0.39, 0.29) is 18.5 Å². The quantitative estimate of drug-likeness (QED) is 0.363. The summed E-state index contributed by atoms with van der Waals surface area (Å²) < 4.78 is 0. The monoisotopic (exact) mass is 166 g/mol. The van der Waals surface area contributed by atoms with Gasteiger partial charge in [0.25, 0.3) is 0 Å². The molecular weight excluding hydrogens is 156 g/mol. The second-order valence-electron chi connectivity index (χ2n) is 2.58. The molecule has 0 aromatic carbocycles. The van der Waals surface area contributed by atoms with Gasteiger partial charge in [-0.15, -0.1) is 12.3 Å². The second-order valence-corrected chi connectivity index (χ2v) is 2.58. The summed E-state index contributed by atoms with van der Waals surface area (Å²) in [5.74, 6) is 2.24. The van der Waals surface area contributed by atoms with Crippen molar-refractivity contribution in [2.45, 2.75) is 12.8 Å². The predicted octanol–water partition coefficient (Wildman–Crippen LogP) is -0.0484. The normalized spacial score (nSPS) is 16.1. The minimum Gasteiger partial charge on any atom is -0.315 e. The Kier molecular flexibility index (Phi) is 2.70. The van der Waals surface area contributed by atoms with Crippen LogP contribution in [0.25, 0.3) is 0 Å². The number of carbonyl (C=O) groups excluding carboxylic acids is 2. The van der Waals surface area contributed by atoms with Crippen molar-refractivity contribution in [1.82, 2.24) is 10.2 Å². The van der Waals surface area contributed by atoms with Crippen LogP contribution in [-0.4, -0.2) is 29.9 Å². The van der Waals surface area contributed by atoms with Crippen LogP contribution in [0.2, 0.25) is 0 Å². The Bertz CT molecular complexity index is 242. The molecule has 0 aromatic heterocycles. The molecular formula is C8H10N2O2. The molecule has 1 aliphatic heterocycles. The third-order valence-corrected chi connectivity index (χ3v) is 1.62. The van der Waals surface area contributed by atoms with Gasteiger partial charge in [-0.2, -0.15) is 0 Å². The van der Waals surface area contributed by atoms with Crippen molar-refractivity contribution in [3.05, 3.63) is 0 Å². The lowest BCUT2D eigenvalue weighted by molar-refractivity contribution is -0.118. The average molecular weight is 166 g/mol. The van der Waals surface area contributed by atoms with Crippen LogP contribution in [0, 0.1) is 12.3 Å². The van der Waals surface area contributed by atoms with Gasteiger partial charge in [0, 0.05) is 13.0 Å². The summed E-state index contributed by atoms with van der Waals surface area (Å²) in [6.07, 6.45) is 6.42. The zero-order chi connectivity index (χ0) is 8.97. The Morgan fingerprint density at radius 1 is 1.58 bits per heavy atom. The molecule has 64 valence electrons. The molecule has 0 aromatic rings. The summed E-state index contributed by atoms with van der Waals surface area (Å²) in [4.78, 5) is 23.1. The predicted molar refractivity (Wildman–Crippen MR) is 43.2 cm³/mol. The van der Waals surface area contributed by atoms with Crippen LogP contribution in [0.1, 0.15) is 12.8 Å². The molecule has 4 heteroatoms. The molecule has 0 atom stereocenters. The summed E-state index contributed by atoms with van der Waals surface area (Å²) in [6.45, 7) is 0.727. The van der Waals surface area contributed by atoms with Crippen LogP contribution < -0.4 is 5.32 Å². The van der Waals surface area contributed by atoms with Crippen molar-refractivity contribution in [2.24, 2.45) is 0 Å². The van der Waals surface area contributed by atoms with E-state index in [1.807, 2.05) is 0 Å². The maximum Gasteiger partial charge on any atom is 0.324 e. The van der Waals surface area contributed by atoms with E-state index in [2.05, 4.69) is 11.2 Å². The molecule has 0 saturated carbocycles. The van der Waals surface area contributed by atoms with E-state index < -0.39 is 0 Å². The molecule has 1 aliphatic rings. The van der Waals surface area contributed by atoms with E-state index in [4.69, 9.17) is 6.42 Å². The summed E-state index contributed by atoms with van der Waals surface area (Å²) >= 11 is 0. The number of rotatable bonds is 3. The van der Waals surface area contributed by atoms with Gasteiger partial charge >= 0.3 is 6.03 Å². The Hall–Kier alpha value is -1.50. The number of terminal acetylenes is 1. The molecule has 0 unspecified atom stereocenters. The van der Waals surface area contributed by atoms with Crippen molar-refractivity contribution in [3.8, 4) is 12.3 Å². The third-order valence-electron chi connectivity index (χ3n) is 1.62. The fraction of sp³-hybridized carbons (Fsp3) is 0.500. The van der Waals surface area contributed by atoms with Gasteiger partial charge in [-0.25, -0.2) is 4.79 Å². The Labute approximate surface area is 70.9 Å². The number of imide groups is 1. The number of nitrogens with zero attached hydrogens (tertiary/aromatic N) is 1. The van der Waals surface area contributed by atoms with Crippen LogP contribution in [0.5, 0.6) is 0 Å². The van der Waals surface area contributed by atoms with Crippen molar-refractivity contribution < 1.29 is 9.59 Å². The first-order chi connectivity index (χ1) is 5.74. The van der Waals surface area contributed by atoms with Crippen LogP contribution in [0.4, 0.5) is 4.79 Å². The molecule has 3 amide bonds. The molecule has 0 bridgehead atoms. The number of urea groups is 1. The molecule has 1 N–H and O–H groups in total. The molecule has 0 spiro atoms. The Morgan fingerprint density at radius 3 is 2.83 bits per heavy atom. The van der Waals surface area contributed by atoms with Gasteiger partial charge in [-0.3, -0.25) is 10.1 Å². The average Bonchev–Trinajstić information content (AvgIpc) is 2.31. The maximum absolute atomic E-state index is 10.9. The van der Waals surface area contributed by atoms with E-state index in [9.17, 15) is 9.59 Å². The van der Waals surface area contributed by atoms with Gasteiger partial charge in [-0.05, 0) is 6.42 Å². The number of unbranched alkanes of at least 4 members (excludes halogenated alkanes) is 1. The lowest BCUT2D eigenvalue weighted by atomic mass is 10.3.